The number of methoxy groups -OCH3 is 1. The smallest absolute Gasteiger partial charge is 0.229 e. The predicted molar refractivity (Wildman–Crippen MR) is 134 cm³/mol. The second-order valence-corrected chi connectivity index (χ2v) is 9.47. The van der Waals surface area contributed by atoms with Crippen molar-refractivity contribution in [2.75, 3.05) is 17.7 Å². The van der Waals surface area contributed by atoms with Gasteiger partial charge in [0.05, 0.1) is 31.0 Å². The third kappa shape index (κ3) is 4.56. The van der Waals surface area contributed by atoms with Crippen molar-refractivity contribution in [1.29, 1.82) is 5.26 Å². The Morgan fingerprint density at radius 3 is 2.84 bits per heavy atom. The van der Waals surface area contributed by atoms with Gasteiger partial charge in [0.2, 0.25) is 5.91 Å². The molecule has 1 aromatic carbocycles. The maximum Gasteiger partial charge on any atom is 0.229 e. The predicted octanol–water partition coefficient (Wildman–Crippen LogP) is 4.38. The van der Waals surface area contributed by atoms with E-state index in [0.717, 1.165) is 11.3 Å². The number of hydrogen-bond donors (Lipinski definition) is 2. The molecule has 10 heteroatoms. The molecule has 3 aromatic heterocycles. The number of pyridine rings is 1. The van der Waals surface area contributed by atoms with Crippen LogP contribution in [0, 0.1) is 23.1 Å². The van der Waals surface area contributed by atoms with Gasteiger partial charge in [0.1, 0.15) is 23.6 Å². The van der Waals surface area contributed by atoms with Crippen LogP contribution in [0.25, 0.3) is 5.65 Å². The Hall–Kier alpha value is -4.52. The fraction of sp³-hybridized carbons (Fsp3) is 0.296. The summed E-state index contributed by atoms with van der Waals surface area (Å²) in [7, 11) is 1.37. The zero-order chi connectivity index (χ0) is 25.5. The lowest BCUT2D eigenvalue weighted by atomic mass is 10.0. The van der Waals surface area contributed by atoms with E-state index in [-0.39, 0.29) is 28.7 Å². The SMILES string of the molecule is COc1ccc(C#N)c([C@H]2C[C@@H]2C(=O)Nc2cc(NCc3cn4cc(C5CC5)ccc4n3)ncn2)c1F. The molecule has 0 saturated heterocycles. The number of rotatable bonds is 8. The molecule has 2 aliphatic carbocycles. The molecule has 0 unspecified atom stereocenters. The average molecular weight is 498 g/mol. The van der Waals surface area contributed by atoms with Crippen LogP contribution >= 0.6 is 0 Å². The zero-order valence-corrected chi connectivity index (χ0v) is 20.1. The number of benzene rings is 1. The molecule has 4 aromatic rings. The van der Waals surface area contributed by atoms with Gasteiger partial charge in [-0.25, -0.2) is 19.3 Å². The van der Waals surface area contributed by atoms with Crippen LogP contribution < -0.4 is 15.4 Å². The van der Waals surface area contributed by atoms with Gasteiger partial charge >= 0.3 is 0 Å². The van der Waals surface area contributed by atoms with E-state index in [2.05, 4.69) is 37.8 Å². The molecule has 37 heavy (non-hydrogen) atoms. The van der Waals surface area contributed by atoms with Gasteiger partial charge in [-0.05, 0) is 48.9 Å². The van der Waals surface area contributed by atoms with Crippen molar-refractivity contribution in [2.24, 2.45) is 5.92 Å². The van der Waals surface area contributed by atoms with E-state index in [9.17, 15) is 14.4 Å². The number of hydrogen-bond acceptors (Lipinski definition) is 7. The summed E-state index contributed by atoms with van der Waals surface area (Å²) in [6, 6.07) is 10.8. The largest absolute Gasteiger partial charge is 0.494 e. The molecule has 2 atom stereocenters. The van der Waals surface area contributed by atoms with Crippen LogP contribution in [-0.2, 0) is 11.3 Å². The van der Waals surface area contributed by atoms with Crippen molar-refractivity contribution in [1.82, 2.24) is 19.4 Å². The first-order chi connectivity index (χ1) is 18.0. The molecule has 0 bridgehead atoms. The standard InChI is InChI=1S/C27H24FN7O2/c1-37-21-6-4-16(10-29)25(26(21)28)19-8-20(19)27(36)34-23-9-22(31-14-32-23)30-11-18-13-35-12-17(15-2-3-15)5-7-24(35)33-18/h4-7,9,12-15,19-20H,2-3,8,11H2,1H3,(H2,30,31,32,34,36)/t19-,20-/m0/s1. The maximum atomic E-state index is 14.8. The molecule has 2 saturated carbocycles. The van der Waals surface area contributed by atoms with Crippen LogP contribution in [0.1, 0.15) is 53.5 Å². The molecule has 6 rings (SSSR count). The van der Waals surface area contributed by atoms with Crippen molar-refractivity contribution >= 4 is 23.2 Å². The first kappa shape index (κ1) is 22.9. The molecule has 2 aliphatic rings. The Bertz CT molecular complexity index is 1560. The highest BCUT2D eigenvalue weighted by molar-refractivity contribution is 5.94. The summed E-state index contributed by atoms with van der Waals surface area (Å²) in [5.41, 5.74) is 3.54. The van der Waals surface area contributed by atoms with E-state index in [1.54, 1.807) is 6.07 Å². The highest BCUT2D eigenvalue weighted by atomic mass is 19.1. The summed E-state index contributed by atoms with van der Waals surface area (Å²) < 4.78 is 21.9. The number of carbonyl (C=O) groups is 1. The van der Waals surface area contributed by atoms with Gasteiger partial charge < -0.3 is 19.8 Å². The van der Waals surface area contributed by atoms with Gasteiger partial charge in [0.25, 0.3) is 0 Å². The Morgan fingerprint density at radius 2 is 2.05 bits per heavy atom. The van der Waals surface area contributed by atoms with Crippen molar-refractivity contribution in [3.05, 3.63) is 77.3 Å². The van der Waals surface area contributed by atoms with E-state index < -0.39 is 11.7 Å². The van der Waals surface area contributed by atoms with Gasteiger partial charge in [-0.1, -0.05) is 6.07 Å². The number of imidazole rings is 1. The van der Waals surface area contributed by atoms with Crippen LogP contribution in [-0.4, -0.2) is 32.4 Å². The molecule has 9 nitrogen and oxygen atoms in total. The lowest BCUT2D eigenvalue weighted by Gasteiger charge is -2.10. The van der Waals surface area contributed by atoms with Crippen LogP contribution in [0.2, 0.25) is 0 Å². The number of aromatic nitrogens is 4. The van der Waals surface area contributed by atoms with Crippen LogP contribution in [0.15, 0.2) is 49.1 Å². The zero-order valence-electron chi connectivity index (χ0n) is 20.1. The number of nitrogens with zero attached hydrogens (tertiary/aromatic N) is 5. The van der Waals surface area contributed by atoms with Crippen molar-refractivity contribution in [3.63, 3.8) is 0 Å². The van der Waals surface area contributed by atoms with Crippen molar-refractivity contribution in [3.8, 4) is 11.8 Å². The lowest BCUT2D eigenvalue weighted by Crippen LogP contribution is -2.16. The van der Waals surface area contributed by atoms with E-state index in [4.69, 9.17) is 4.74 Å². The first-order valence-corrected chi connectivity index (χ1v) is 12.1. The number of anilines is 2. The van der Waals surface area contributed by atoms with E-state index in [1.165, 1.54) is 44.0 Å². The van der Waals surface area contributed by atoms with Crippen LogP contribution in [0.5, 0.6) is 5.75 Å². The van der Waals surface area contributed by atoms with Gasteiger partial charge in [-0.15, -0.1) is 0 Å². The van der Waals surface area contributed by atoms with E-state index >= 15 is 0 Å². The molecular weight excluding hydrogens is 473 g/mol. The summed E-state index contributed by atoms with van der Waals surface area (Å²) >= 11 is 0. The average Bonchev–Trinajstić information content (AvgIpc) is 3.84. The molecule has 3 heterocycles. The minimum atomic E-state index is -0.592. The summed E-state index contributed by atoms with van der Waals surface area (Å²) in [4.78, 5) is 25.9. The Balaban J connectivity index is 1.10. The number of amides is 1. The van der Waals surface area contributed by atoms with E-state index in [1.807, 2.05) is 22.7 Å². The fourth-order valence-corrected chi connectivity index (χ4v) is 4.72. The molecular formula is C27H24FN7O2. The Labute approximate surface area is 212 Å². The number of fused-ring (bicyclic) bond motifs is 1. The molecule has 2 fully saturated rings. The second-order valence-electron chi connectivity index (χ2n) is 9.47. The number of halogens is 1. The second kappa shape index (κ2) is 9.17. The molecule has 0 spiro atoms. The third-order valence-corrected chi connectivity index (χ3v) is 6.92. The molecule has 186 valence electrons. The monoisotopic (exact) mass is 497 g/mol. The van der Waals surface area contributed by atoms with Gasteiger partial charge in [0, 0.05) is 35.9 Å². The van der Waals surface area contributed by atoms with Gasteiger partial charge in [0.15, 0.2) is 11.6 Å². The van der Waals surface area contributed by atoms with Crippen LogP contribution in [0.4, 0.5) is 16.0 Å². The number of nitriles is 1. The summed E-state index contributed by atoms with van der Waals surface area (Å²) in [5.74, 6) is -0.114. The lowest BCUT2D eigenvalue weighted by molar-refractivity contribution is -0.117. The summed E-state index contributed by atoms with van der Waals surface area (Å²) in [6.07, 6.45) is 8.45. The molecule has 0 aliphatic heterocycles. The fourth-order valence-electron chi connectivity index (χ4n) is 4.72. The van der Waals surface area contributed by atoms with E-state index in [0.29, 0.717) is 30.5 Å². The highest BCUT2D eigenvalue weighted by Gasteiger charge is 2.47. The minimum absolute atomic E-state index is 0.0561. The number of ether oxygens (including phenoxy) is 1. The minimum Gasteiger partial charge on any atom is -0.494 e. The first-order valence-electron chi connectivity index (χ1n) is 12.1. The molecule has 0 radical (unpaired) electrons. The summed E-state index contributed by atoms with van der Waals surface area (Å²) in [6.45, 7) is 0.460. The summed E-state index contributed by atoms with van der Waals surface area (Å²) in [5, 5.41) is 15.4. The van der Waals surface area contributed by atoms with Crippen molar-refractivity contribution in [2.45, 2.75) is 37.6 Å². The van der Waals surface area contributed by atoms with Crippen LogP contribution in [0.3, 0.4) is 0 Å². The topological polar surface area (TPSA) is 117 Å². The molecule has 2 N–H and O–H groups in total. The third-order valence-electron chi connectivity index (χ3n) is 6.92. The Kier molecular flexibility index (Phi) is 5.68. The normalized spacial score (nSPS) is 18.3. The maximum absolute atomic E-state index is 14.8. The molecule has 1 amide bonds. The number of carbonyl (C=O) groups excluding carboxylic acids is 1. The van der Waals surface area contributed by atoms with Crippen molar-refractivity contribution < 1.29 is 13.9 Å². The van der Waals surface area contributed by atoms with Gasteiger partial charge in [-0.2, -0.15) is 5.26 Å². The van der Waals surface area contributed by atoms with Gasteiger partial charge in [-0.3, -0.25) is 4.79 Å². The number of nitrogens with one attached hydrogen (secondary N) is 2. The highest BCUT2D eigenvalue weighted by Crippen LogP contribution is 2.51. The Morgan fingerprint density at radius 1 is 1.22 bits per heavy atom. The quantitative estimate of drug-likeness (QED) is 0.371.